The molecule has 1 aliphatic rings. The zero-order valence-electron chi connectivity index (χ0n) is 18.2. The van der Waals surface area contributed by atoms with E-state index in [9.17, 15) is 14.4 Å². The molecule has 160 valence electrons. The number of unbranched alkanes of at least 4 members (excludes halogenated alkanes) is 1. The standard InChI is InChI=1S/C23H35N3O3/c1-5-7-8-17(6-2)14-24-22(28)18-9-11-20(12-10-18)25-23(29)19-13-21(27)26(15-19)16(3)4/h9-12,16-17,19H,5-8,13-15H2,1-4H3,(H,24,28)(H,25,29). The molecule has 1 aliphatic heterocycles. The maximum Gasteiger partial charge on any atom is 0.251 e. The lowest BCUT2D eigenvalue weighted by atomic mass is 9.99. The Bertz CT molecular complexity index is 700. The van der Waals surface area contributed by atoms with Crippen LogP contribution in [0.2, 0.25) is 0 Å². The summed E-state index contributed by atoms with van der Waals surface area (Å²) in [5.41, 5.74) is 1.21. The van der Waals surface area contributed by atoms with Crippen molar-refractivity contribution in [1.82, 2.24) is 10.2 Å². The largest absolute Gasteiger partial charge is 0.352 e. The van der Waals surface area contributed by atoms with Gasteiger partial charge in [-0.25, -0.2) is 0 Å². The van der Waals surface area contributed by atoms with Crippen LogP contribution in [0.5, 0.6) is 0 Å². The van der Waals surface area contributed by atoms with Gasteiger partial charge in [0.25, 0.3) is 5.91 Å². The van der Waals surface area contributed by atoms with Gasteiger partial charge in [0.2, 0.25) is 11.8 Å². The van der Waals surface area contributed by atoms with E-state index in [1.807, 2.05) is 13.8 Å². The summed E-state index contributed by atoms with van der Waals surface area (Å²) in [5.74, 6) is -0.0392. The quantitative estimate of drug-likeness (QED) is 0.625. The third-order valence-electron chi connectivity index (χ3n) is 5.66. The maximum atomic E-state index is 12.5. The number of nitrogens with one attached hydrogen (secondary N) is 2. The second kappa shape index (κ2) is 11.0. The van der Waals surface area contributed by atoms with Gasteiger partial charge in [0.1, 0.15) is 0 Å². The number of benzene rings is 1. The van der Waals surface area contributed by atoms with E-state index in [0.29, 0.717) is 30.3 Å². The number of hydrogen-bond acceptors (Lipinski definition) is 3. The highest BCUT2D eigenvalue weighted by Gasteiger charge is 2.35. The van der Waals surface area contributed by atoms with Gasteiger partial charge in [-0.15, -0.1) is 0 Å². The van der Waals surface area contributed by atoms with Gasteiger partial charge in [0.15, 0.2) is 0 Å². The fourth-order valence-electron chi connectivity index (χ4n) is 3.64. The number of carbonyl (C=O) groups excluding carboxylic acids is 3. The van der Waals surface area contributed by atoms with Crippen LogP contribution in [-0.2, 0) is 9.59 Å². The third-order valence-corrected chi connectivity index (χ3v) is 5.66. The molecule has 0 radical (unpaired) electrons. The summed E-state index contributed by atoms with van der Waals surface area (Å²) in [4.78, 5) is 38.6. The lowest BCUT2D eigenvalue weighted by molar-refractivity contribution is -0.129. The molecule has 1 aromatic rings. The topological polar surface area (TPSA) is 78.5 Å². The summed E-state index contributed by atoms with van der Waals surface area (Å²) < 4.78 is 0. The summed E-state index contributed by atoms with van der Waals surface area (Å²) >= 11 is 0. The predicted octanol–water partition coefficient (Wildman–Crippen LogP) is 3.83. The van der Waals surface area contributed by atoms with Crippen LogP contribution in [-0.4, -0.2) is 41.8 Å². The van der Waals surface area contributed by atoms with Gasteiger partial charge < -0.3 is 15.5 Å². The Morgan fingerprint density at radius 3 is 2.41 bits per heavy atom. The third kappa shape index (κ3) is 6.58. The average molecular weight is 402 g/mol. The van der Waals surface area contributed by atoms with Crippen molar-refractivity contribution in [1.29, 1.82) is 0 Å². The van der Waals surface area contributed by atoms with E-state index in [-0.39, 0.29) is 36.1 Å². The highest BCUT2D eigenvalue weighted by molar-refractivity contribution is 5.98. The Morgan fingerprint density at radius 1 is 1.17 bits per heavy atom. The van der Waals surface area contributed by atoms with E-state index >= 15 is 0 Å². The molecule has 0 spiro atoms. The van der Waals surface area contributed by atoms with Crippen LogP contribution in [0, 0.1) is 11.8 Å². The molecule has 1 aromatic carbocycles. The van der Waals surface area contributed by atoms with Crippen LogP contribution < -0.4 is 10.6 Å². The minimum atomic E-state index is -0.332. The van der Waals surface area contributed by atoms with Gasteiger partial charge in [-0.2, -0.15) is 0 Å². The number of amides is 3. The molecular weight excluding hydrogens is 366 g/mol. The Kier molecular flexibility index (Phi) is 8.68. The number of nitrogens with zero attached hydrogens (tertiary/aromatic N) is 1. The highest BCUT2D eigenvalue weighted by atomic mass is 16.2. The summed E-state index contributed by atoms with van der Waals surface area (Å²) in [6.07, 6.45) is 4.80. The van der Waals surface area contributed by atoms with E-state index in [1.165, 1.54) is 12.8 Å². The molecule has 0 aliphatic carbocycles. The molecule has 0 bridgehead atoms. The van der Waals surface area contributed by atoms with Crippen molar-refractivity contribution >= 4 is 23.4 Å². The van der Waals surface area contributed by atoms with E-state index < -0.39 is 0 Å². The zero-order valence-corrected chi connectivity index (χ0v) is 18.2. The zero-order chi connectivity index (χ0) is 21.4. The van der Waals surface area contributed by atoms with Crippen molar-refractivity contribution < 1.29 is 14.4 Å². The predicted molar refractivity (Wildman–Crippen MR) is 116 cm³/mol. The fourth-order valence-corrected chi connectivity index (χ4v) is 3.64. The molecule has 2 unspecified atom stereocenters. The van der Waals surface area contributed by atoms with Gasteiger partial charge in [0, 0.05) is 36.8 Å². The van der Waals surface area contributed by atoms with Gasteiger partial charge in [-0.05, 0) is 50.5 Å². The molecular formula is C23H35N3O3. The summed E-state index contributed by atoms with van der Waals surface area (Å²) in [6.45, 7) is 9.39. The lowest BCUT2D eigenvalue weighted by Gasteiger charge is -2.20. The normalized spacial score (nSPS) is 17.5. The average Bonchev–Trinajstić information content (AvgIpc) is 3.10. The molecule has 2 atom stereocenters. The highest BCUT2D eigenvalue weighted by Crippen LogP contribution is 2.22. The van der Waals surface area contributed by atoms with E-state index in [0.717, 1.165) is 12.8 Å². The Balaban J connectivity index is 1.85. The van der Waals surface area contributed by atoms with Crippen molar-refractivity contribution in [2.75, 3.05) is 18.4 Å². The van der Waals surface area contributed by atoms with E-state index in [2.05, 4.69) is 24.5 Å². The maximum absolute atomic E-state index is 12.5. The Morgan fingerprint density at radius 2 is 1.86 bits per heavy atom. The first-order valence-electron chi connectivity index (χ1n) is 10.8. The van der Waals surface area contributed by atoms with Crippen molar-refractivity contribution in [3.8, 4) is 0 Å². The first-order valence-corrected chi connectivity index (χ1v) is 10.8. The number of anilines is 1. The van der Waals surface area contributed by atoms with Crippen molar-refractivity contribution in [2.45, 2.75) is 65.8 Å². The van der Waals surface area contributed by atoms with Crippen LogP contribution in [0.3, 0.4) is 0 Å². The number of hydrogen-bond donors (Lipinski definition) is 2. The second-order valence-corrected chi connectivity index (χ2v) is 8.23. The fraction of sp³-hybridized carbons (Fsp3) is 0.609. The summed E-state index contributed by atoms with van der Waals surface area (Å²) in [5, 5.41) is 5.88. The van der Waals surface area contributed by atoms with Crippen molar-refractivity contribution in [3.63, 3.8) is 0 Å². The van der Waals surface area contributed by atoms with Gasteiger partial charge in [0.05, 0.1) is 5.92 Å². The van der Waals surface area contributed by atoms with Crippen LogP contribution in [0.4, 0.5) is 5.69 Å². The second-order valence-electron chi connectivity index (χ2n) is 8.23. The molecule has 6 nitrogen and oxygen atoms in total. The minimum absolute atomic E-state index is 0.0245. The van der Waals surface area contributed by atoms with Gasteiger partial charge in [-0.3, -0.25) is 14.4 Å². The summed E-state index contributed by atoms with van der Waals surface area (Å²) in [7, 11) is 0. The van der Waals surface area contributed by atoms with Crippen molar-refractivity contribution in [2.24, 2.45) is 11.8 Å². The van der Waals surface area contributed by atoms with Crippen LogP contribution >= 0.6 is 0 Å². The molecule has 1 saturated heterocycles. The van der Waals surface area contributed by atoms with Gasteiger partial charge >= 0.3 is 0 Å². The molecule has 6 heteroatoms. The number of likely N-dealkylation sites (tertiary alicyclic amines) is 1. The first kappa shape index (κ1) is 22.9. The summed E-state index contributed by atoms with van der Waals surface area (Å²) in [6, 6.07) is 7.01. The first-order chi connectivity index (χ1) is 13.8. The molecule has 0 aromatic heterocycles. The van der Waals surface area contributed by atoms with Crippen LogP contribution in [0.15, 0.2) is 24.3 Å². The molecule has 2 N–H and O–H groups in total. The number of carbonyl (C=O) groups is 3. The molecule has 29 heavy (non-hydrogen) atoms. The lowest BCUT2D eigenvalue weighted by Crippen LogP contribution is -2.33. The van der Waals surface area contributed by atoms with E-state index in [4.69, 9.17) is 0 Å². The Labute approximate surface area is 174 Å². The Hall–Kier alpha value is -2.37. The van der Waals surface area contributed by atoms with E-state index in [1.54, 1.807) is 29.2 Å². The molecule has 1 fully saturated rings. The number of rotatable bonds is 10. The molecule has 2 rings (SSSR count). The van der Waals surface area contributed by atoms with Crippen LogP contribution in [0.1, 0.15) is 70.2 Å². The SMILES string of the molecule is CCCCC(CC)CNC(=O)c1ccc(NC(=O)C2CC(=O)N(C(C)C)C2)cc1. The molecule has 0 saturated carbocycles. The monoisotopic (exact) mass is 401 g/mol. The van der Waals surface area contributed by atoms with Gasteiger partial charge in [-0.1, -0.05) is 33.1 Å². The molecule has 1 heterocycles. The molecule has 3 amide bonds. The smallest absolute Gasteiger partial charge is 0.251 e. The van der Waals surface area contributed by atoms with Crippen LogP contribution in [0.25, 0.3) is 0 Å². The van der Waals surface area contributed by atoms with Crippen molar-refractivity contribution in [3.05, 3.63) is 29.8 Å². The minimum Gasteiger partial charge on any atom is -0.352 e.